The number of aryl methyl sites for hydroxylation is 1. The molecular formula is C19H21NO3. The lowest BCUT2D eigenvalue weighted by molar-refractivity contribution is -0.121. The summed E-state index contributed by atoms with van der Waals surface area (Å²) in [5.74, 6) is 1.41. The molecule has 0 fully saturated rings. The van der Waals surface area contributed by atoms with Gasteiger partial charge in [-0.2, -0.15) is 0 Å². The van der Waals surface area contributed by atoms with E-state index in [0.717, 1.165) is 29.2 Å². The highest BCUT2D eigenvalue weighted by molar-refractivity contribution is 5.93. The summed E-state index contributed by atoms with van der Waals surface area (Å²) in [6, 6.07) is 13.7. The number of ether oxygens (including phenoxy) is 2. The van der Waals surface area contributed by atoms with Gasteiger partial charge in [0, 0.05) is 5.69 Å². The summed E-state index contributed by atoms with van der Waals surface area (Å²) in [4.78, 5) is 12.5. The minimum Gasteiger partial charge on any atom is -0.497 e. The Kier molecular flexibility index (Phi) is 4.51. The lowest BCUT2D eigenvalue weighted by atomic mass is 9.95. The summed E-state index contributed by atoms with van der Waals surface area (Å²) in [7, 11) is 1.63. The molecule has 0 unspecified atom stereocenters. The van der Waals surface area contributed by atoms with E-state index >= 15 is 0 Å². The number of benzene rings is 2. The van der Waals surface area contributed by atoms with Crippen LogP contribution >= 0.6 is 0 Å². The molecule has 1 aliphatic rings. The molecule has 4 heteroatoms. The number of hydrogen-bond acceptors (Lipinski definition) is 3. The molecule has 3 rings (SSSR count). The predicted molar refractivity (Wildman–Crippen MR) is 90.1 cm³/mol. The van der Waals surface area contributed by atoms with E-state index in [1.165, 1.54) is 5.56 Å². The van der Waals surface area contributed by atoms with Crippen LogP contribution in [0, 0.1) is 5.92 Å². The largest absolute Gasteiger partial charge is 0.497 e. The van der Waals surface area contributed by atoms with Crippen molar-refractivity contribution in [3.63, 3.8) is 0 Å². The highest BCUT2D eigenvalue weighted by atomic mass is 16.5. The summed E-state index contributed by atoms with van der Waals surface area (Å²) in [6.45, 7) is 2.51. The average Bonchev–Trinajstić information content (AvgIpc) is 2.61. The second-order valence-corrected chi connectivity index (χ2v) is 5.73. The van der Waals surface area contributed by atoms with E-state index in [9.17, 15) is 4.79 Å². The number of rotatable bonds is 4. The van der Waals surface area contributed by atoms with Crippen LogP contribution < -0.4 is 14.8 Å². The molecule has 4 nitrogen and oxygen atoms in total. The minimum atomic E-state index is -0.194. The number of carbonyl (C=O) groups excluding carboxylic acids is 1. The van der Waals surface area contributed by atoms with Crippen LogP contribution in [0.25, 0.3) is 0 Å². The number of nitrogens with one attached hydrogen (secondary N) is 1. The predicted octanol–water partition coefficient (Wildman–Crippen LogP) is 3.45. The van der Waals surface area contributed by atoms with E-state index in [-0.39, 0.29) is 11.8 Å². The van der Waals surface area contributed by atoms with E-state index < -0.39 is 0 Å². The molecule has 1 amide bonds. The van der Waals surface area contributed by atoms with Crippen molar-refractivity contribution < 1.29 is 14.3 Å². The van der Waals surface area contributed by atoms with Crippen LogP contribution in [0.2, 0.25) is 0 Å². The topological polar surface area (TPSA) is 47.6 Å². The van der Waals surface area contributed by atoms with E-state index in [1.54, 1.807) is 7.11 Å². The third-order valence-electron chi connectivity index (χ3n) is 4.17. The lowest BCUT2D eigenvalue weighted by Crippen LogP contribution is -2.32. The molecule has 1 atom stereocenters. The first-order valence-electron chi connectivity index (χ1n) is 7.89. The molecular weight excluding hydrogens is 290 g/mol. The van der Waals surface area contributed by atoms with Gasteiger partial charge in [-0.3, -0.25) is 4.79 Å². The van der Waals surface area contributed by atoms with Crippen LogP contribution in [0.3, 0.4) is 0 Å². The van der Waals surface area contributed by atoms with Gasteiger partial charge in [-0.05, 0) is 54.3 Å². The van der Waals surface area contributed by atoms with E-state index in [2.05, 4.69) is 12.2 Å². The van der Waals surface area contributed by atoms with Crippen LogP contribution in [0.5, 0.6) is 11.5 Å². The highest BCUT2D eigenvalue weighted by Crippen LogP contribution is 2.31. The van der Waals surface area contributed by atoms with Gasteiger partial charge in [0.1, 0.15) is 18.1 Å². The summed E-state index contributed by atoms with van der Waals surface area (Å²) < 4.78 is 11.0. The van der Waals surface area contributed by atoms with Crippen molar-refractivity contribution in [1.82, 2.24) is 0 Å². The third-order valence-corrected chi connectivity index (χ3v) is 4.17. The van der Waals surface area contributed by atoms with Crippen molar-refractivity contribution in [2.45, 2.75) is 19.8 Å². The van der Waals surface area contributed by atoms with E-state index in [0.29, 0.717) is 13.0 Å². The van der Waals surface area contributed by atoms with Gasteiger partial charge >= 0.3 is 0 Å². The Labute approximate surface area is 136 Å². The Morgan fingerprint density at radius 3 is 2.74 bits per heavy atom. The fourth-order valence-electron chi connectivity index (χ4n) is 2.73. The minimum absolute atomic E-state index is 0.0114. The van der Waals surface area contributed by atoms with Crippen LogP contribution in [-0.4, -0.2) is 19.6 Å². The van der Waals surface area contributed by atoms with Crippen LogP contribution in [0.4, 0.5) is 5.69 Å². The van der Waals surface area contributed by atoms with Gasteiger partial charge in [-0.15, -0.1) is 0 Å². The summed E-state index contributed by atoms with van der Waals surface area (Å²) in [5, 5.41) is 2.97. The van der Waals surface area contributed by atoms with Crippen LogP contribution in [0.15, 0.2) is 42.5 Å². The molecule has 1 aliphatic heterocycles. The van der Waals surface area contributed by atoms with Crippen molar-refractivity contribution in [3.8, 4) is 11.5 Å². The first-order valence-corrected chi connectivity index (χ1v) is 7.89. The molecule has 0 bridgehead atoms. The van der Waals surface area contributed by atoms with Crippen molar-refractivity contribution in [2.75, 3.05) is 19.0 Å². The maximum atomic E-state index is 12.5. The zero-order valence-corrected chi connectivity index (χ0v) is 13.5. The lowest BCUT2D eigenvalue weighted by Gasteiger charge is -2.25. The fraction of sp³-hybridized carbons (Fsp3) is 0.316. The van der Waals surface area contributed by atoms with Crippen molar-refractivity contribution in [1.29, 1.82) is 0 Å². The van der Waals surface area contributed by atoms with Gasteiger partial charge < -0.3 is 14.8 Å². The smallest absolute Gasteiger partial charge is 0.231 e. The van der Waals surface area contributed by atoms with Gasteiger partial charge in [-0.1, -0.05) is 19.1 Å². The number of anilines is 1. The normalized spacial score (nSPS) is 16.2. The molecule has 0 spiro atoms. The first-order chi connectivity index (χ1) is 11.2. The second-order valence-electron chi connectivity index (χ2n) is 5.73. The number of methoxy groups -OCH3 is 1. The highest BCUT2D eigenvalue weighted by Gasteiger charge is 2.26. The van der Waals surface area contributed by atoms with Gasteiger partial charge in [-0.25, -0.2) is 0 Å². The molecule has 0 saturated carbocycles. The van der Waals surface area contributed by atoms with Crippen molar-refractivity contribution >= 4 is 11.6 Å². The maximum Gasteiger partial charge on any atom is 0.231 e. The zero-order valence-electron chi connectivity index (χ0n) is 13.5. The third kappa shape index (κ3) is 3.47. The molecule has 0 radical (unpaired) electrons. The molecule has 1 N–H and O–H groups in total. The number of amides is 1. The number of fused-ring (bicyclic) bond motifs is 1. The monoisotopic (exact) mass is 311 g/mol. The Morgan fingerprint density at radius 1 is 1.26 bits per heavy atom. The van der Waals surface area contributed by atoms with Crippen molar-refractivity contribution in [2.24, 2.45) is 5.92 Å². The molecule has 2 aromatic rings. The summed E-state index contributed by atoms with van der Waals surface area (Å²) in [5.41, 5.74) is 3.09. The van der Waals surface area contributed by atoms with Gasteiger partial charge in [0.2, 0.25) is 5.91 Å². The Balaban J connectivity index is 1.68. The van der Waals surface area contributed by atoms with Gasteiger partial charge in [0.15, 0.2) is 0 Å². The molecule has 1 heterocycles. The number of carbonyl (C=O) groups is 1. The SMILES string of the molecule is CCc1ccc(NC(=O)[C@H]2COc3ccc(OC)cc3C2)cc1. The van der Waals surface area contributed by atoms with Gasteiger partial charge in [0.25, 0.3) is 0 Å². The Bertz CT molecular complexity index is 694. The van der Waals surface area contributed by atoms with Crippen molar-refractivity contribution in [3.05, 3.63) is 53.6 Å². The number of hydrogen-bond donors (Lipinski definition) is 1. The summed E-state index contributed by atoms with van der Waals surface area (Å²) >= 11 is 0. The molecule has 0 saturated heterocycles. The van der Waals surface area contributed by atoms with Gasteiger partial charge in [0.05, 0.1) is 13.0 Å². The molecule has 23 heavy (non-hydrogen) atoms. The fourth-order valence-corrected chi connectivity index (χ4v) is 2.73. The quantitative estimate of drug-likeness (QED) is 0.941. The molecule has 0 aromatic heterocycles. The molecule has 120 valence electrons. The molecule has 2 aromatic carbocycles. The van der Waals surface area contributed by atoms with E-state index in [1.807, 2.05) is 42.5 Å². The summed E-state index contributed by atoms with van der Waals surface area (Å²) in [6.07, 6.45) is 1.65. The van der Waals surface area contributed by atoms with Crippen LogP contribution in [-0.2, 0) is 17.6 Å². The van der Waals surface area contributed by atoms with E-state index in [4.69, 9.17) is 9.47 Å². The first kappa shape index (κ1) is 15.4. The Morgan fingerprint density at radius 2 is 2.04 bits per heavy atom. The zero-order chi connectivity index (χ0) is 16.2. The standard InChI is InChI=1S/C19H21NO3/c1-3-13-4-6-16(7-5-13)20-19(21)15-10-14-11-17(22-2)8-9-18(14)23-12-15/h4-9,11,15H,3,10,12H2,1-2H3,(H,20,21)/t15-/m1/s1. The van der Waals surface area contributed by atoms with Crippen LogP contribution in [0.1, 0.15) is 18.1 Å². The maximum absolute atomic E-state index is 12.5. The average molecular weight is 311 g/mol. The second kappa shape index (κ2) is 6.73. The Hall–Kier alpha value is -2.49. The molecule has 0 aliphatic carbocycles.